The lowest BCUT2D eigenvalue weighted by Crippen LogP contribution is -2.44. The van der Waals surface area contributed by atoms with Crippen molar-refractivity contribution in [2.75, 3.05) is 37.5 Å². The van der Waals surface area contributed by atoms with Gasteiger partial charge in [-0.2, -0.15) is 0 Å². The second-order valence-corrected chi connectivity index (χ2v) is 7.77. The average molecular weight is 489 g/mol. The number of anilines is 2. The zero-order chi connectivity index (χ0) is 24.9. The molecule has 0 unspecified atom stereocenters. The van der Waals surface area contributed by atoms with Crippen LogP contribution in [0.2, 0.25) is 5.02 Å². The highest BCUT2D eigenvalue weighted by molar-refractivity contribution is 6.33. The number of hydrogen-bond donors (Lipinski definition) is 2. The smallest absolute Gasteiger partial charge is 0.340 e. The number of nitrogen functional groups attached to an aromatic ring is 1. The number of aromatic amines is 1. The lowest BCUT2D eigenvalue weighted by molar-refractivity contribution is -0.121. The number of aromatic nitrogens is 2. The number of carbonyl (C=O) groups excluding carboxylic acids is 2. The highest BCUT2D eigenvalue weighted by Crippen LogP contribution is 2.22. The third kappa shape index (κ3) is 6.17. The maximum absolute atomic E-state index is 13.4. The molecule has 10 nitrogen and oxygen atoms in total. The van der Waals surface area contributed by atoms with Gasteiger partial charge in [0.25, 0.3) is 11.5 Å². The number of halogens is 3. The van der Waals surface area contributed by atoms with Crippen LogP contribution in [-0.4, -0.2) is 48.3 Å². The third-order valence-electron chi connectivity index (χ3n) is 4.41. The highest BCUT2D eigenvalue weighted by atomic mass is 35.5. The van der Waals surface area contributed by atoms with Gasteiger partial charge in [0.2, 0.25) is 0 Å². The minimum absolute atomic E-state index is 0.00585. The van der Waals surface area contributed by atoms with Gasteiger partial charge >= 0.3 is 11.7 Å². The van der Waals surface area contributed by atoms with Crippen LogP contribution in [0, 0.1) is 17.6 Å². The maximum Gasteiger partial charge on any atom is 0.340 e. The van der Waals surface area contributed by atoms with Crippen LogP contribution in [0.15, 0.2) is 21.7 Å². The summed E-state index contributed by atoms with van der Waals surface area (Å²) >= 11 is 5.74. The normalized spacial score (nSPS) is 11.0. The average Bonchev–Trinajstić information content (AvgIpc) is 2.73. The van der Waals surface area contributed by atoms with E-state index < -0.39 is 52.0 Å². The Labute approximate surface area is 191 Å². The summed E-state index contributed by atoms with van der Waals surface area (Å²) in [6, 6.07) is 1.13. The van der Waals surface area contributed by atoms with E-state index in [1.54, 1.807) is 0 Å². The SMILES string of the molecule is COCCN(C(=O)COC(=O)c1cc(F)c(F)cc1Cl)c1c(N)n(CC(C)C)c(=O)[nH]c1=O. The number of rotatable bonds is 9. The molecule has 0 saturated heterocycles. The van der Waals surface area contributed by atoms with Gasteiger partial charge < -0.3 is 15.2 Å². The monoisotopic (exact) mass is 488 g/mol. The molecule has 13 heteroatoms. The number of carbonyl (C=O) groups is 2. The van der Waals surface area contributed by atoms with E-state index in [1.165, 1.54) is 7.11 Å². The van der Waals surface area contributed by atoms with Crippen LogP contribution in [0.4, 0.5) is 20.3 Å². The van der Waals surface area contributed by atoms with Crippen molar-refractivity contribution >= 4 is 35.0 Å². The lowest BCUT2D eigenvalue weighted by atomic mass is 10.2. The number of nitrogens with zero attached hydrogens (tertiary/aromatic N) is 2. The number of benzene rings is 1. The Morgan fingerprint density at radius 2 is 1.88 bits per heavy atom. The van der Waals surface area contributed by atoms with Crippen molar-refractivity contribution in [1.29, 1.82) is 0 Å². The van der Waals surface area contributed by atoms with Gasteiger partial charge in [-0.1, -0.05) is 25.4 Å². The molecular weight excluding hydrogens is 466 g/mol. The minimum Gasteiger partial charge on any atom is -0.452 e. The number of methoxy groups -OCH3 is 1. The van der Waals surface area contributed by atoms with Crippen molar-refractivity contribution in [3.63, 3.8) is 0 Å². The second kappa shape index (κ2) is 11.1. The standard InChI is InChI=1S/C20H23ClF2N4O6/c1-10(2)8-27-17(24)16(18(29)25-20(27)31)26(4-5-32-3)15(28)9-33-19(30)11-6-13(22)14(23)7-12(11)21/h6-7,10H,4-5,8-9,24H2,1-3H3,(H,25,29,31). The fourth-order valence-electron chi connectivity index (χ4n) is 2.89. The molecule has 2 rings (SSSR count). The van der Waals surface area contributed by atoms with E-state index >= 15 is 0 Å². The molecule has 180 valence electrons. The van der Waals surface area contributed by atoms with E-state index in [-0.39, 0.29) is 37.1 Å². The van der Waals surface area contributed by atoms with Crippen LogP contribution in [-0.2, 0) is 20.8 Å². The summed E-state index contributed by atoms with van der Waals surface area (Å²) in [5, 5.41) is -0.413. The number of ether oxygens (including phenoxy) is 2. The van der Waals surface area contributed by atoms with Gasteiger partial charge in [-0.05, 0) is 18.1 Å². The lowest BCUT2D eigenvalue weighted by Gasteiger charge is -2.24. The molecule has 0 spiro atoms. The zero-order valence-electron chi connectivity index (χ0n) is 18.1. The van der Waals surface area contributed by atoms with Crippen LogP contribution in [0.3, 0.4) is 0 Å². The Hall–Kier alpha value is -3.25. The molecule has 0 aliphatic carbocycles. The fourth-order valence-corrected chi connectivity index (χ4v) is 3.12. The summed E-state index contributed by atoms with van der Waals surface area (Å²) in [5.74, 6) is -4.92. The molecular formula is C20H23ClF2N4O6. The molecule has 0 bridgehead atoms. The molecule has 0 aliphatic rings. The first-order valence-corrected chi connectivity index (χ1v) is 10.1. The van der Waals surface area contributed by atoms with Crippen molar-refractivity contribution in [3.05, 3.63) is 55.2 Å². The van der Waals surface area contributed by atoms with Crippen molar-refractivity contribution in [2.45, 2.75) is 20.4 Å². The number of hydrogen-bond acceptors (Lipinski definition) is 7. The van der Waals surface area contributed by atoms with Crippen LogP contribution in [0.1, 0.15) is 24.2 Å². The Morgan fingerprint density at radius 1 is 1.24 bits per heavy atom. The molecule has 0 aliphatic heterocycles. The van der Waals surface area contributed by atoms with Crippen LogP contribution >= 0.6 is 11.6 Å². The summed E-state index contributed by atoms with van der Waals surface area (Å²) < 4.78 is 37.6. The Bertz CT molecular complexity index is 1160. The number of H-pyrrole nitrogens is 1. The summed E-state index contributed by atoms with van der Waals surface area (Å²) in [5.41, 5.74) is 3.57. The maximum atomic E-state index is 13.4. The van der Waals surface area contributed by atoms with Crippen LogP contribution < -0.4 is 21.9 Å². The fraction of sp³-hybridized carbons (Fsp3) is 0.400. The molecule has 3 N–H and O–H groups in total. The molecule has 1 heterocycles. The van der Waals surface area contributed by atoms with E-state index in [4.69, 9.17) is 26.8 Å². The van der Waals surface area contributed by atoms with E-state index in [0.29, 0.717) is 12.1 Å². The third-order valence-corrected chi connectivity index (χ3v) is 4.72. The number of nitrogens with one attached hydrogen (secondary N) is 1. The predicted octanol–water partition coefficient (Wildman–Crippen LogP) is 1.54. The molecule has 0 saturated carbocycles. The van der Waals surface area contributed by atoms with E-state index in [1.807, 2.05) is 13.8 Å². The molecule has 1 aromatic heterocycles. The summed E-state index contributed by atoms with van der Waals surface area (Å²) in [7, 11) is 1.36. The zero-order valence-corrected chi connectivity index (χ0v) is 18.9. The Kier molecular flexibility index (Phi) is 8.71. The summed E-state index contributed by atoms with van der Waals surface area (Å²) in [6.07, 6.45) is 0. The topological polar surface area (TPSA) is 137 Å². The van der Waals surface area contributed by atoms with Crippen molar-refractivity contribution in [3.8, 4) is 0 Å². The van der Waals surface area contributed by atoms with Crippen molar-refractivity contribution in [1.82, 2.24) is 9.55 Å². The first kappa shape index (κ1) is 26.0. The van der Waals surface area contributed by atoms with Crippen LogP contribution in [0.5, 0.6) is 0 Å². The van der Waals surface area contributed by atoms with Gasteiger partial charge in [0.15, 0.2) is 23.9 Å². The molecule has 1 amide bonds. The Balaban J connectivity index is 2.35. The molecule has 0 fully saturated rings. The number of nitrogens with two attached hydrogens (primary N) is 1. The largest absolute Gasteiger partial charge is 0.452 e. The van der Waals surface area contributed by atoms with Crippen LogP contribution in [0.25, 0.3) is 0 Å². The summed E-state index contributed by atoms with van der Waals surface area (Å²) in [4.78, 5) is 52.8. The predicted molar refractivity (Wildman–Crippen MR) is 116 cm³/mol. The number of esters is 1. The highest BCUT2D eigenvalue weighted by Gasteiger charge is 2.26. The van der Waals surface area contributed by atoms with Gasteiger partial charge in [-0.25, -0.2) is 18.4 Å². The molecule has 2 aromatic rings. The Morgan fingerprint density at radius 3 is 2.48 bits per heavy atom. The first-order chi connectivity index (χ1) is 15.5. The molecule has 1 aromatic carbocycles. The van der Waals surface area contributed by atoms with Crippen molar-refractivity contribution < 1.29 is 27.8 Å². The minimum atomic E-state index is -1.33. The molecule has 0 radical (unpaired) electrons. The van der Waals surface area contributed by atoms with E-state index in [9.17, 15) is 28.0 Å². The first-order valence-electron chi connectivity index (χ1n) is 9.71. The number of amides is 1. The second-order valence-electron chi connectivity index (χ2n) is 7.36. The van der Waals surface area contributed by atoms with Gasteiger partial charge in [0.1, 0.15) is 5.82 Å². The quantitative estimate of drug-likeness (QED) is 0.403. The van der Waals surface area contributed by atoms with E-state index in [0.717, 1.165) is 9.47 Å². The van der Waals surface area contributed by atoms with Crippen molar-refractivity contribution in [2.24, 2.45) is 5.92 Å². The van der Waals surface area contributed by atoms with Gasteiger partial charge in [-0.3, -0.25) is 24.0 Å². The van der Waals surface area contributed by atoms with Gasteiger partial charge in [0.05, 0.1) is 17.2 Å². The van der Waals surface area contributed by atoms with Gasteiger partial charge in [-0.15, -0.1) is 0 Å². The molecule has 0 atom stereocenters. The van der Waals surface area contributed by atoms with E-state index in [2.05, 4.69) is 4.98 Å². The molecule has 33 heavy (non-hydrogen) atoms. The van der Waals surface area contributed by atoms with Gasteiger partial charge in [0, 0.05) is 20.2 Å². The summed E-state index contributed by atoms with van der Waals surface area (Å²) in [6.45, 7) is 2.76.